The third-order valence-corrected chi connectivity index (χ3v) is 15.9. The Balaban J connectivity index is 0.765. The smallest absolute Gasteiger partial charge is 0.286 e. The number of anilines is 2. The van der Waals surface area contributed by atoms with Crippen LogP contribution >= 0.6 is 44.3 Å². The lowest BCUT2D eigenvalue weighted by Gasteiger charge is -2.31. The summed E-state index contributed by atoms with van der Waals surface area (Å²) in [5.41, 5.74) is 6.62. The number of carbonyl (C=O) groups excluding carboxylic acids is 2. The third-order valence-electron chi connectivity index (χ3n) is 11.3. The third kappa shape index (κ3) is 11.7. The standard InChI is InChI=1S/C48H52N6O4S4/c55-39-21-27-51(28-22-39)37-15-9-35(10-16-37)13-19-47-53(41-5-1-3-7-43(41)61-47)33-45(57)49-25-31-59-60-32-26-50-46(58)34-54-42-6-2-4-8-44(42)62-48(54)20-14-36-11-17-38(18-12-36)52-29-23-40(56)24-30-52/h1-20,39-40,55-56H,21-34H2/p+2. The van der Waals surface area contributed by atoms with E-state index in [2.05, 4.69) is 127 Å². The lowest BCUT2D eigenvalue weighted by molar-refractivity contribution is -0.656. The lowest BCUT2D eigenvalue weighted by atomic mass is 10.1. The fourth-order valence-electron chi connectivity index (χ4n) is 7.84. The van der Waals surface area contributed by atoms with Crippen LogP contribution in [0.5, 0.6) is 0 Å². The van der Waals surface area contributed by atoms with Crippen molar-refractivity contribution in [3.63, 3.8) is 0 Å². The topological polar surface area (TPSA) is 113 Å². The molecule has 2 amide bonds. The van der Waals surface area contributed by atoms with Crippen LogP contribution in [0, 0.1) is 0 Å². The summed E-state index contributed by atoms with van der Waals surface area (Å²) >= 11 is 3.35. The largest absolute Gasteiger partial charge is 0.393 e. The van der Waals surface area contributed by atoms with Crippen LogP contribution < -0.4 is 29.6 Å². The number of carbonyl (C=O) groups is 2. The number of para-hydroxylation sites is 2. The van der Waals surface area contributed by atoms with Gasteiger partial charge in [-0.15, -0.1) is 0 Å². The number of piperidine rings is 2. The van der Waals surface area contributed by atoms with Gasteiger partial charge in [0.25, 0.3) is 21.8 Å². The number of nitrogens with zero attached hydrogens (tertiary/aromatic N) is 4. The van der Waals surface area contributed by atoms with E-state index >= 15 is 0 Å². The number of aliphatic hydroxyl groups is 2. The average Bonchev–Trinajstić information content (AvgIpc) is 3.83. The van der Waals surface area contributed by atoms with E-state index in [1.165, 1.54) is 11.4 Å². The first-order valence-corrected chi connectivity index (χ1v) is 25.5. The van der Waals surface area contributed by atoms with Crippen molar-refractivity contribution >= 4 is 112 Å². The molecule has 6 aromatic rings. The molecule has 2 aliphatic heterocycles. The van der Waals surface area contributed by atoms with Gasteiger partial charge in [0.2, 0.25) is 24.1 Å². The van der Waals surface area contributed by atoms with Gasteiger partial charge in [0.15, 0.2) is 0 Å². The van der Waals surface area contributed by atoms with Crippen LogP contribution in [0.15, 0.2) is 97.1 Å². The SMILES string of the molecule is O=C(C[n+]1c(/C=C/c2ccc(N3CCC(O)CC3)cc2)sc2ccccc21)NCCSSCCNC(=O)C[n+]1c(/C=C/c2ccc(N3CCC(O)CC3)cc2)sc2ccccc21. The molecule has 62 heavy (non-hydrogen) atoms. The highest BCUT2D eigenvalue weighted by Crippen LogP contribution is 2.26. The first-order chi connectivity index (χ1) is 30.4. The first kappa shape index (κ1) is 43.9. The minimum absolute atomic E-state index is 0.0253. The van der Waals surface area contributed by atoms with Gasteiger partial charge in [-0.2, -0.15) is 9.13 Å². The molecule has 10 nitrogen and oxygen atoms in total. The quantitative estimate of drug-likeness (QED) is 0.0430. The number of nitrogens with one attached hydrogen (secondary N) is 2. The van der Waals surface area contributed by atoms with Gasteiger partial charge in [0.05, 0.1) is 12.2 Å². The summed E-state index contributed by atoms with van der Waals surface area (Å²) in [4.78, 5) is 31.0. The average molecular weight is 907 g/mol. The monoisotopic (exact) mass is 906 g/mol. The van der Waals surface area contributed by atoms with Crippen LogP contribution in [0.25, 0.3) is 44.7 Å². The van der Waals surface area contributed by atoms with Gasteiger partial charge in [0.1, 0.15) is 9.40 Å². The van der Waals surface area contributed by atoms with E-state index in [1.807, 2.05) is 24.3 Å². The zero-order valence-electron chi connectivity index (χ0n) is 34.7. The summed E-state index contributed by atoms with van der Waals surface area (Å²) in [6, 6.07) is 33.5. The van der Waals surface area contributed by atoms with Crippen LogP contribution in [0.3, 0.4) is 0 Å². The Morgan fingerprint density at radius 1 is 0.581 bits per heavy atom. The number of fused-ring (bicyclic) bond motifs is 2. The summed E-state index contributed by atoms with van der Waals surface area (Å²) in [5, 5.41) is 27.9. The minimum atomic E-state index is -0.188. The predicted octanol–water partition coefficient (Wildman–Crippen LogP) is 7.27. The summed E-state index contributed by atoms with van der Waals surface area (Å²) in [6.45, 7) is 5.09. The molecule has 0 spiro atoms. The van der Waals surface area contributed by atoms with Crippen LogP contribution in [-0.4, -0.2) is 85.0 Å². The van der Waals surface area contributed by atoms with Crippen molar-refractivity contribution in [1.82, 2.24) is 10.6 Å². The van der Waals surface area contributed by atoms with E-state index in [0.717, 1.165) is 105 Å². The molecular weight excluding hydrogens is 853 g/mol. The van der Waals surface area contributed by atoms with Gasteiger partial charge in [-0.05, 0) is 85.4 Å². The van der Waals surface area contributed by atoms with Gasteiger partial charge in [-0.3, -0.25) is 9.59 Å². The van der Waals surface area contributed by atoms with Crippen molar-refractivity contribution in [3.8, 4) is 0 Å². The molecule has 4 aromatic carbocycles. The molecule has 4 N–H and O–H groups in total. The van der Waals surface area contributed by atoms with Crippen molar-refractivity contribution in [2.24, 2.45) is 0 Å². The number of amides is 2. The Labute approximate surface area is 379 Å². The molecule has 14 heteroatoms. The van der Waals surface area contributed by atoms with E-state index in [4.69, 9.17) is 0 Å². The van der Waals surface area contributed by atoms with Crippen LogP contribution in [0.2, 0.25) is 0 Å². The molecule has 0 saturated carbocycles. The lowest BCUT2D eigenvalue weighted by Crippen LogP contribution is -2.44. The van der Waals surface area contributed by atoms with Crippen molar-refractivity contribution in [3.05, 3.63) is 118 Å². The van der Waals surface area contributed by atoms with E-state index in [9.17, 15) is 19.8 Å². The predicted molar refractivity (Wildman–Crippen MR) is 261 cm³/mol. The van der Waals surface area contributed by atoms with E-state index in [1.54, 1.807) is 44.3 Å². The summed E-state index contributed by atoms with van der Waals surface area (Å²) < 4.78 is 6.44. The van der Waals surface area contributed by atoms with Gasteiger partial charge in [0, 0.05) is 86.4 Å². The molecule has 2 aromatic heterocycles. The summed E-state index contributed by atoms with van der Waals surface area (Å²) in [5.74, 6) is 1.47. The van der Waals surface area contributed by atoms with Gasteiger partial charge < -0.3 is 30.6 Å². The number of hydrogen-bond acceptors (Lipinski definition) is 10. The second-order valence-corrected chi connectivity index (χ2v) is 20.4. The van der Waals surface area contributed by atoms with Crippen molar-refractivity contribution in [1.29, 1.82) is 0 Å². The molecule has 0 aliphatic carbocycles. The summed E-state index contributed by atoms with van der Waals surface area (Å²) in [6.07, 6.45) is 11.2. The number of aliphatic hydroxyl groups excluding tert-OH is 2. The van der Waals surface area contributed by atoms with Gasteiger partial charge >= 0.3 is 0 Å². The first-order valence-electron chi connectivity index (χ1n) is 21.4. The highest BCUT2D eigenvalue weighted by Gasteiger charge is 2.24. The Hall–Kier alpha value is -4.70. The highest BCUT2D eigenvalue weighted by molar-refractivity contribution is 8.76. The summed E-state index contributed by atoms with van der Waals surface area (Å²) in [7, 11) is 3.39. The molecular formula is C48H54N6O4S4+2. The Morgan fingerprint density at radius 3 is 1.37 bits per heavy atom. The Kier molecular flexibility index (Phi) is 15.3. The van der Waals surface area contributed by atoms with E-state index < -0.39 is 0 Å². The molecule has 0 unspecified atom stereocenters. The van der Waals surface area contributed by atoms with Crippen LogP contribution in [0.4, 0.5) is 11.4 Å². The molecule has 4 heterocycles. The van der Waals surface area contributed by atoms with Gasteiger partial charge in [-0.25, -0.2) is 0 Å². The van der Waals surface area contributed by atoms with Crippen molar-refractivity contribution < 1.29 is 28.9 Å². The number of aromatic nitrogens is 2. The number of thiazole rings is 2. The van der Waals surface area contributed by atoms with Crippen LogP contribution in [0.1, 0.15) is 46.8 Å². The molecule has 8 rings (SSSR count). The Morgan fingerprint density at radius 2 is 0.968 bits per heavy atom. The van der Waals surface area contributed by atoms with Crippen molar-refractivity contribution in [2.45, 2.75) is 51.0 Å². The minimum Gasteiger partial charge on any atom is -0.393 e. The highest BCUT2D eigenvalue weighted by atomic mass is 33.1. The normalized spacial score (nSPS) is 15.4. The Bertz CT molecular complexity index is 2310. The number of rotatable bonds is 17. The fourth-order valence-corrected chi connectivity index (χ4v) is 11.8. The molecule has 2 saturated heterocycles. The molecule has 0 atom stereocenters. The molecule has 0 bridgehead atoms. The zero-order chi connectivity index (χ0) is 42.7. The molecule has 2 aliphatic rings. The number of benzene rings is 4. The maximum absolute atomic E-state index is 13.2. The molecule has 2 fully saturated rings. The second kappa shape index (κ2) is 21.6. The molecule has 0 radical (unpaired) electrons. The molecule has 322 valence electrons. The fraction of sp³-hybridized carbons (Fsp3) is 0.333. The van der Waals surface area contributed by atoms with E-state index in [-0.39, 0.29) is 37.1 Å². The van der Waals surface area contributed by atoms with E-state index in [0.29, 0.717) is 13.1 Å². The maximum Gasteiger partial charge on any atom is 0.286 e. The van der Waals surface area contributed by atoms with Crippen molar-refractivity contribution in [2.75, 3.05) is 60.6 Å². The number of hydrogen-bond donors (Lipinski definition) is 4. The second-order valence-electron chi connectivity index (χ2n) is 15.6. The zero-order valence-corrected chi connectivity index (χ0v) is 38.0. The van der Waals surface area contributed by atoms with Crippen LogP contribution in [-0.2, 0) is 22.7 Å². The maximum atomic E-state index is 13.2. The van der Waals surface area contributed by atoms with Gasteiger partial charge in [-0.1, -0.05) is 92.8 Å².